The Kier molecular flexibility index (Phi) is 5.53. The average molecular weight is 380 g/mol. The van der Waals surface area contributed by atoms with E-state index in [0.29, 0.717) is 22.6 Å². The van der Waals surface area contributed by atoms with Gasteiger partial charge >= 0.3 is 5.97 Å². The number of hydrogen-bond donors (Lipinski definition) is 2. The van der Waals surface area contributed by atoms with Crippen molar-refractivity contribution in [3.8, 4) is 0 Å². The molecule has 0 aliphatic rings. The summed E-state index contributed by atoms with van der Waals surface area (Å²) in [6.45, 7) is 6.51. The fourth-order valence-electron chi connectivity index (χ4n) is 2.36. The van der Waals surface area contributed by atoms with Crippen LogP contribution in [0.15, 0.2) is 33.6 Å². The molecule has 1 amide bonds. The molecule has 0 radical (unpaired) electrons. The quantitative estimate of drug-likeness (QED) is 0.764. The van der Waals surface area contributed by atoms with Gasteiger partial charge in [0.25, 0.3) is 5.91 Å². The number of nitrogens with two attached hydrogens (primary N) is 1. The summed E-state index contributed by atoms with van der Waals surface area (Å²) in [5.41, 5.74) is 1.16. The second kappa shape index (κ2) is 7.30. The third-order valence-electron chi connectivity index (χ3n) is 3.85. The Morgan fingerprint density at radius 3 is 2.38 bits per heavy atom. The Balaban J connectivity index is 2.10. The number of anilines is 1. The van der Waals surface area contributed by atoms with Crippen LogP contribution in [0.3, 0.4) is 0 Å². The van der Waals surface area contributed by atoms with Crippen molar-refractivity contribution >= 4 is 27.6 Å². The van der Waals surface area contributed by atoms with Crippen LogP contribution in [-0.2, 0) is 19.6 Å². The number of sulfonamides is 1. The van der Waals surface area contributed by atoms with Gasteiger partial charge in [-0.05, 0) is 45.9 Å². The van der Waals surface area contributed by atoms with Crippen LogP contribution in [0.1, 0.15) is 34.4 Å². The van der Waals surface area contributed by atoms with Gasteiger partial charge < -0.3 is 14.5 Å². The maximum Gasteiger partial charge on any atom is 0.342 e. The zero-order valence-corrected chi connectivity index (χ0v) is 15.6. The van der Waals surface area contributed by atoms with Gasteiger partial charge in [0.05, 0.1) is 4.90 Å². The maximum absolute atomic E-state index is 12.3. The summed E-state index contributed by atoms with van der Waals surface area (Å²) in [4.78, 5) is 24.4. The fourth-order valence-corrected chi connectivity index (χ4v) is 2.92. The van der Waals surface area contributed by atoms with Crippen LogP contribution in [0.25, 0.3) is 0 Å². The van der Waals surface area contributed by atoms with Crippen molar-refractivity contribution in [2.24, 2.45) is 5.14 Å². The van der Waals surface area contributed by atoms with Crippen LogP contribution in [0.2, 0.25) is 0 Å². The monoisotopic (exact) mass is 380 g/mol. The number of benzene rings is 1. The molecular formula is C17H20N2O6S. The lowest BCUT2D eigenvalue weighted by Crippen LogP contribution is -2.30. The minimum atomic E-state index is -3.89. The number of nitrogens with one attached hydrogen (secondary N) is 1. The van der Waals surface area contributed by atoms with Gasteiger partial charge in [-0.15, -0.1) is 0 Å². The van der Waals surface area contributed by atoms with Crippen molar-refractivity contribution < 1.29 is 27.2 Å². The van der Waals surface area contributed by atoms with Crippen molar-refractivity contribution in [3.63, 3.8) is 0 Å². The van der Waals surface area contributed by atoms with E-state index in [1.54, 1.807) is 20.8 Å². The highest BCUT2D eigenvalue weighted by Crippen LogP contribution is 2.22. The highest BCUT2D eigenvalue weighted by atomic mass is 32.2. The first-order valence-electron chi connectivity index (χ1n) is 7.72. The summed E-state index contributed by atoms with van der Waals surface area (Å²) in [6, 6.07) is 5.46. The summed E-state index contributed by atoms with van der Waals surface area (Å²) in [5, 5.41) is 7.54. The molecule has 0 saturated heterocycles. The van der Waals surface area contributed by atoms with Crippen LogP contribution in [-0.4, -0.2) is 26.4 Å². The number of hydrogen-bond acceptors (Lipinski definition) is 6. The molecular weight excluding hydrogens is 360 g/mol. The fraction of sp³-hybridized carbons (Fsp3) is 0.294. The molecule has 1 aromatic heterocycles. The third-order valence-corrected chi connectivity index (χ3v) is 4.76. The van der Waals surface area contributed by atoms with Crippen molar-refractivity contribution in [1.29, 1.82) is 0 Å². The molecule has 8 nitrogen and oxygen atoms in total. The summed E-state index contributed by atoms with van der Waals surface area (Å²) < 4.78 is 33.3. The maximum atomic E-state index is 12.3. The van der Waals surface area contributed by atoms with Gasteiger partial charge in [-0.25, -0.2) is 18.4 Å². The lowest BCUT2D eigenvalue weighted by atomic mass is 10.1. The molecule has 1 atom stereocenters. The van der Waals surface area contributed by atoms with E-state index < -0.39 is 28.0 Å². The van der Waals surface area contributed by atoms with E-state index in [2.05, 4.69) is 5.32 Å². The Hall–Kier alpha value is -2.65. The molecule has 0 spiro atoms. The smallest absolute Gasteiger partial charge is 0.342 e. The Morgan fingerprint density at radius 2 is 1.85 bits per heavy atom. The molecule has 9 heteroatoms. The molecule has 0 aliphatic heterocycles. The number of carbonyl (C=O) groups excluding carboxylic acids is 2. The van der Waals surface area contributed by atoms with Crippen molar-refractivity contribution in [2.75, 3.05) is 5.32 Å². The number of esters is 1. The molecule has 1 heterocycles. The second-order valence-electron chi connectivity index (χ2n) is 5.82. The van der Waals surface area contributed by atoms with Gasteiger partial charge in [-0.3, -0.25) is 4.79 Å². The lowest BCUT2D eigenvalue weighted by Gasteiger charge is -2.14. The standard InChI is InChI=1S/C17H20N2O6S/c1-9-10(2)24-11(3)15(9)17(21)25-12(4)16(20)19-13-6-5-7-14(8-13)26(18,22)23/h5-8,12H,1-4H3,(H,19,20)(H2,18,22,23)/t12-/m0/s1. The summed E-state index contributed by atoms with van der Waals surface area (Å²) in [6.07, 6.45) is -1.10. The molecule has 2 aromatic rings. The molecule has 0 bridgehead atoms. The first-order valence-corrected chi connectivity index (χ1v) is 9.26. The van der Waals surface area contributed by atoms with Crippen molar-refractivity contribution in [1.82, 2.24) is 0 Å². The normalized spacial score (nSPS) is 12.5. The number of ether oxygens (including phenoxy) is 1. The Labute approximate surface area is 151 Å². The van der Waals surface area contributed by atoms with E-state index in [1.807, 2.05) is 0 Å². The number of aryl methyl sites for hydroxylation is 2. The van der Waals surface area contributed by atoms with Crippen LogP contribution < -0.4 is 10.5 Å². The van der Waals surface area contributed by atoms with Crippen LogP contribution in [0.4, 0.5) is 5.69 Å². The van der Waals surface area contributed by atoms with Crippen LogP contribution in [0, 0.1) is 20.8 Å². The van der Waals surface area contributed by atoms with Gasteiger partial charge in [0.2, 0.25) is 10.0 Å². The van der Waals surface area contributed by atoms with Gasteiger partial charge in [-0.1, -0.05) is 6.07 Å². The summed E-state index contributed by atoms with van der Waals surface area (Å²) >= 11 is 0. The number of carbonyl (C=O) groups is 2. The molecule has 140 valence electrons. The zero-order valence-electron chi connectivity index (χ0n) is 14.8. The number of furan rings is 1. The Morgan fingerprint density at radius 1 is 1.19 bits per heavy atom. The molecule has 2 rings (SSSR count). The van der Waals surface area contributed by atoms with E-state index in [4.69, 9.17) is 14.3 Å². The predicted molar refractivity (Wildman–Crippen MR) is 94.2 cm³/mol. The first-order chi connectivity index (χ1) is 12.0. The minimum absolute atomic E-state index is 0.139. The highest BCUT2D eigenvalue weighted by molar-refractivity contribution is 7.89. The van der Waals surface area contributed by atoms with Gasteiger partial charge in [0.15, 0.2) is 6.10 Å². The molecule has 0 unspecified atom stereocenters. The van der Waals surface area contributed by atoms with E-state index in [9.17, 15) is 18.0 Å². The van der Waals surface area contributed by atoms with Crippen LogP contribution >= 0.6 is 0 Å². The second-order valence-corrected chi connectivity index (χ2v) is 7.39. The number of rotatable bonds is 5. The average Bonchev–Trinajstić information content (AvgIpc) is 2.79. The molecule has 3 N–H and O–H groups in total. The van der Waals surface area contributed by atoms with E-state index >= 15 is 0 Å². The van der Waals surface area contributed by atoms with E-state index in [1.165, 1.54) is 31.2 Å². The van der Waals surface area contributed by atoms with E-state index in [0.717, 1.165) is 0 Å². The van der Waals surface area contributed by atoms with Gasteiger partial charge in [0.1, 0.15) is 17.1 Å². The van der Waals surface area contributed by atoms with Gasteiger partial charge in [-0.2, -0.15) is 0 Å². The first kappa shape index (κ1) is 19.7. The largest absolute Gasteiger partial charge is 0.465 e. The number of amides is 1. The molecule has 26 heavy (non-hydrogen) atoms. The highest BCUT2D eigenvalue weighted by Gasteiger charge is 2.24. The van der Waals surface area contributed by atoms with Gasteiger partial charge in [0, 0.05) is 11.3 Å². The Bertz CT molecular complexity index is 962. The molecule has 0 saturated carbocycles. The predicted octanol–water partition coefficient (Wildman–Crippen LogP) is 2.04. The lowest BCUT2D eigenvalue weighted by molar-refractivity contribution is -0.123. The van der Waals surface area contributed by atoms with E-state index in [-0.39, 0.29) is 10.6 Å². The van der Waals surface area contributed by atoms with Crippen LogP contribution in [0.5, 0.6) is 0 Å². The SMILES string of the molecule is Cc1oc(C)c(C(=O)O[C@@H](C)C(=O)Nc2cccc(S(N)(=O)=O)c2)c1C. The third kappa shape index (κ3) is 4.30. The molecule has 0 fully saturated rings. The number of primary sulfonamides is 1. The zero-order chi connectivity index (χ0) is 19.6. The summed E-state index contributed by atoms with van der Waals surface area (Å²) in [7, 11) is -3.89. The molecule has 0 aliphatic carbocycles. The van der Waals surface area contributed by atoms with Crippen molar-refractivity contribution in [3.05, 3.63) is 46.9 Å². The summed E-state index contributed by atoms with van der Waals surface area (Å²) in [5.74, 6) is -0.261. The minimum Gasteiger partial charge on any atom is -0.465 e. The van der Waals surface area contributed by atoms with Crippen molar-refractivity contribution in [2.45, 2.75) is 38.7 Å². The molecule has 1 aromatic carbocycles. The topological polar surface area (TPSA) is 129 Å².